The molecule has 792 valence electrons. The minimum absolute atomic E-state index is 0.0473. The van der Waals surface area contributed by atoms with E-state index >= 15 is 0 Å². The van der Waals surface area contributed by atoms with Crippen molar-refractivity contribution in [1.82, 2.24) is 39.2 Å². The highest BCUT2D eigenvalue weighted by Gasteiger charge is 2.47. The number of fused-ring (bicyclic) bond motifs is 8. The fraction of sp³-hybridized carbons (Fsp3) is 0.667. The third-order valence-corrected chi connectivity index (χ3v) is 32.3. The Kier molecular flexibility index (Phi) is 37.3. The third-order valence-electron chi connectivity index (χ3n) is 31.8. The number of carbonyl (C=O) groups excluding carboxylic acids is 8. The van der Waals surface area contributed by atoms with E-state index in [1.165, 1.54) is 78.0 Å². The van der Waals surface area contributed by atoms with Gasteiger partial charge >= 0.3 is 24.4 Å². The number of carbonyl (C=O) groups is 8. The number of hydrogen-bond donors (Lipinski definition) is 0. The van der Waals surface area contributed by atoms with Crippen LogP contribution in [0.4, 0.5) is 28.0 Å². The van der Waals surface area contributed by atoms with Gasteiger partial charge in [0.2, 0.25) is 23.6 Å². The Morgan fingerprint density at radius 2 is 0.542 bits per heavy atom. The summed E-state index contributed by atoms with van der Waals surface area (Å²) in [5.41, 5.74) is 18.8. The van der Waals surface area contributed by atoms with E-state index in [2.05, 4.69) is 99.3 Å². The molecule has 0 aromatic heterocycles. The van der Waals surface area contributed by atoms with E-state index in [0.717, 1.165) is 221 Å². The fourth-order valence-corrected chi connectivity index (χ4v) is 25.5. The number of halogens is 4. The van der Waals surface area contributed by atoms with Crippen LogP contribution in [0.2, 0.25) is 10.0 Å². The van der Waals surface area contributed by atoms with Gasteiger partial charge in [-0.15, -0.1) is 0 Å². The van der Waals surface area contributed by atoms with Crippen LogP contribution in [-0.4, -0.2) is 214 Å². The number of rotatable bonds is 20. The highest BCUT2D eigenvalue weighted by atomic mass is 35.5. The van der Waals surface area contributed by atoms with Crippen molar-refractivity contribution in [3.8, 4) is 0 Å². The molecule has 12 aliphatic rings. The maximum atomic E-state index is 14.0. The van der Waals surface area contributed by atoms with Crippen molar-refractivity contribution in [1.29, 1.82) is 0 Å². The first-order valence-electron chi connectivity index (χ1n) is 54.7. The smallest absolute Gasteiger partial charge is 0.410 e. The predicted molar refractivity (Wildman–Crippen MR) is 574 cm³/mol. The van der Waals surface area contributed by atoms with Crippen LogP contribution in [0.5, 0.6) is 0 Å². The van der Waals surface area contributed by atoms with E-state index in [9.17, 15) is 47.1 Å². The Labute approximate surface area is 871 Å². The van der Waals surface area contributed by atoms with E-state index < -0.39 is 22.4 Å². The molecule has 0 N–H and O–H groups in total. The van der Waals surface area contributed by atoms with Crippen LogP contribution in [-0.2, 0) is 63.8 Å². The van der Waals surface area contributed by atoms with Crippen LogP contribution < -0.4 is 0 Å². The summed E-state index contributed by atoms with van der Waals surface area (Å²) in [4.78, 5) is 120. The van der Waals surface area contributed by atoms with Crippen LogP contribution in [0.3, 0.4) is 0 Å². The Balaban J connectivity index is 0.000000161. The van der Waals surface area contributed by atoms with Gasteiger partial charge < -0.3 is 58.1 Å². The number of amides is 8. The lowest BCUT2D eigenvalue weighted by Crippen LogP contribution is -2.48. The van der Waals surface area contributed by atoms with Crippen molar-refractivity contribution in [2.75, 3.05) is 80.5 Å². The van der Waals surface area contributed by atoms with Gasteiger partial charge in [0.05, 0.1) is 24.2 Å². The Hall–Kier alpha value is -8.76. The summed E-state index contributed by atoms with van der Waals surface area (Å²) in [6.07, 6.45) is 24.5. The topological polar surface area (TPSA) is 199 Å². The molecule has 8 amide bonds. The molecule has 4 aliphatic heterocycles. The second-order valence-electron chi connectivity index (χ2n) is 50.0. The van der Waals surface area contributed by atoms with Gasteiger partial charge in [-0.2, -0.15) is 0 Å². The zero-order valence-electron chi connectivity index (χ0n) is 91.6. The molecular weight excluding hydrogens is 1850 g/mol. The zero-order chi connectivity index (χ0) is 105. The summed E-state index contributed by atoms with van der Waals surface area (Å²) in [5, 5.41) is 1.58. The number of ether oxygens (including phenoxy) is 4. The van der Waals surface area contributed by atoms with Crippen LogP contribution in [0.1, 0.15) is 337 Å². The summed E-state index contributed by atoms with van der Waals surface area (Å²) >= 11 is 12.6. The summed E-state index contributed by atoms with van der Waals surface area (Å²) in [5.74, 6) is 4.74. The molecule has 20 nitrogen and oxygen atoms in total. The summed E-state index contributed by atoms with van der Waals surface area (Å²) < 4.78 is 49.9. The minimum atomic E-state index is -0.499. The molecule has 8 aliphatic carbocycles. The van der Waals surface area contributed by atoms with Gasteiger partial charge in [-0.05, 0) is 448 Å². The molecular formula is C120H172Cl2F2N8O12. The molecule has 4 aromatic carbocycles. The van der Waals surface area contributed by atoms with Gasteiger partial charge in [0.15, 0.2) is 0 Å². The SMILES string of the molecule is CC(C)CC1C2=C(CCN1C(=O)C1CCC(CN(C)C(=O)OC(C)(C)C)CC1)c1cc(Cl)ccc1C2.CC(C)CC1C2=C(CCN1C(=O)C1CCC(CN(C)C(=O)OC(C)(C)C)CC1)c1cc(F)ccc1C2.CC(C)CC1C2=C(CCN1C(=O)C1CCC(CN(C)C(=O)OC(C)(C)C)CC1)c1ccc(Cl)cc1C2.CC(C)CC1C2=C(CCN1C(=O)C1CCC(CN(C)C(=O)OC(C)(C)C)CC1)c1ccc(F)cc1C2. The summed E-state index contributed by atoms with van der Waals surface area (Å²) in [6, 6.07) is 23.4. The molecule has 0 spiro atoms. The first kappa shape index (κ1) is 112. The highest BCUT2D eigenvalue weighted by Crippen LogP contribution is 2.51. The molecule has 4 fully saturated rings. The molecule has 16 rings (SSSR count). The largest absolute Gasteiger partial charge is 0.444 e. The molecule has 0 radical (unpaired) electrons. The van der Waals surface area contributed by atoms with Crippen molar-refractivity contribution < 1.29 is 66.1 Å². The first-order valence-corrected chi connectivity index (χ1v) is 55.5. The van der Waals surface area contributed by atoms with E-state index in [4.69, 9.17) is 42.1 Å². The minimum Gasteiger partial charge on any atom is -0.444 e. The van der Waals surface area contributed by atoms with Crippen LogP contribution >= 0.6 is 23.2 Å². The average molecular weight is 2030 g/mol. The number of hydrogen-bond acceptors (Lipinski definition) is 12. The maximum Gasteiger partial charge on any atom is 0.410 e. The molecule has 4 unspecified atom stereocenters. The number of nitrogens with zero attached hydrogens (tertiary/aromatic N) is 8. The lowest BCUT2D eigenvalue weighted by Gasteiger charge is -2.41. The molecule has 144 heavy (non-hydrogen) atoms. The van der Waals surface area contributed by atoms with Crippen molar-refractivity contribution in [2.45, 2.75) is 365 Å². The van der Waals surface area contributed by atoms with E-state index in [1.807, 2.05) is 121 Å². The second-order valence-corrected chi connectivity index (χ2v) is 50.8. The lowest BCUT2D eigenvalue weighted by molar-refractivity contribution is -0.139. The Morgan fingerprint density at radius 3 is 0.826 bits per heavy atom. The molecule has 0 saturated heterocycles. The quantitative estimate of drug-likeness (QED) is 0.0760. The van der Waals surface area contributed by atoms with Crippen molar-refractivity contribution in [2.24, 2.45) is 71.0 Å². The van der Waals surface area contributed by atoms with Crippen LogP contribution in [0.25, 0.3) is 22.3 Å². The monoisotopic (exact) mass is 2030 g/mol. The summed E-state index contributed by atoms with van der Waals surface area (Å²) in [7, 11) is 7.22. The van der Waals surface area contributed by atoms with Gasteiger partial charge in [0.25, 0.3) is 0 Å². The molecule has 4 saturated carbocycles. The summed E-state index contributed by atoms with van der Waals surface area (Å²) in [6.45, 7) is 46.2. The van der Waals surface area contributed by atoms with Crippen molar-refractivity contribution >= 4 is 93.5 Å². The Morgan fingerprint density at radius 1 is 0.312 bits per heavy atom. The first-order chi connectivity index (χ1) is 67.7. The molecule has 0 bridgehead atoms. The number of benzene rings is 4. The van der Waals surface area contributed by atoms with Crippen LogP contribution in [0, 0.1) is 82.6 Å². The molecule has 4 heterocycles. The van der Waals surface area contributed by atoms with Gasteiger partial charge in [-0.25, -0.2) is 28.0 Å². The van der Waals surface area contributed by atoms with E-state index in [1.54, 1.807) is 58.0 Å². The predicted octanol–water partition coefficient (Wildman–Crippen LogP) is 26.9. The van der Waals surface area contributed by atoms with Gasteiger partial charge in [0, 0.05) is 114 Å². The Bertz CT molecular complexity index is 5060. The molecule has 4 atom stereocenters. The normalized spacial score (nSPS) is 24.0. The molecule has 24 heteroatoms. The fourth-order valence-electron chi connectivity index (χ4n) is 25.1. The van der Waals surface area contributed by atoms with E-state index in [-0.39, 0.29) is 95.7 Å². The lowest BCUT2D eigenvalue weighted by atomic mass is 9.80. The van der Waals surface area contributed by atoms with Crippen molar-refractivity contribution in [3.63, 3.8) is 0 Å². The van der Waals surface area contributed by atoms with Crippen LogP contribution in [0.15, 0.2) is 95.1 Å². The van der Waals surface area contributed by atoms with E-state index in [0.29, 0.717) is 91.9 Å². The van der Waals surface area contributed by atoms with Gasteiger partial charge in [0.1, 0.15) is 34.0 Å². The third kappa shape index (κ3) is 29.0. The van der Waals surface area contributed by atoms with Gasteiger partial charge in [-0.1, -0.05) is 103 Å². The molecule has 4 aromatic rings. The van der Waals surface area contributed by atoms with Gasteiger partial charge in [-0.3, -0.25) is 19.2 Å². The highest BCUT2D eigenvalue weighted by molar-refractivity contribution is 6.31. The maximum absolute atomic E-state index is 14.0. The van der Waals surface area contributed by atoms with Crippen molar-refractivity contribution in [3.05, 3.63) is 161 Å². The zero-order valence-corrected chi connectivity index (χ0v) is 93.1. The standard InChI is InChI=1S/2C30H43ClN2O3.2C30H43FN2O3/c1-19(2)15-27-26-17-22-16-23(31)11-12-24(22)25(26)13-14-33(27)28(34)21-9-7-20(8-10-21)18-32(6)29(35)36-30(3,4)5;1-19(2)15-27-26-16-22-11-12-23(31)17-25(22)24(26)13-14-33(27)28(34)21-9-7-20(8-10-21)18-32(6)29(35)36-30(3,4)5;1-19(2)15-27-26-17-22-16-23(31)11-12-24(22)25(26)13-14-33(27)28(34)21-9-7-20(8-10-21)18-32(6)29(35)36-30(3,4)5;1-19(2)15-27-26-16-22-11-12-23(31)17-25(22)24(26)13-14-33(27)28(34)21-9-7-20(8-10-21)18-32(6)29(35)36-30(3,4)5/h11-12,16,19-21,27H,7-10,13-15,17-18H2,1-6H3;11-12,17,19-21,27H,7-10,13-16,18H2,1-6H3;11-12,16,19-21,27H,7-10,13-15,17-18H2,1-6H3;11-12,17,19-21,27H,7-10,13-16,18H2,1-6H3. The second kappa shape index (κ2) is 47.8. The average Bonchev–Trinajstić information content (AvgIpc) is 1.61.